The van der Waals surface area contributed by atoms with Crippen LogP contribution in [0.15, 0.2) is 28.1 Å². The molecule has 3 heterocycles. The molecule has 1 atom stereocenters. The van der Waals surface area contributed by atoms with Gasteiger partial charge < -0.3 is 19.9 Å². The van der Waals surface area contributed by atoms with E-state index in [9.17, 15) is 4.79 Å². The summed E-state index contributed by atoms with van der Waals surface area (Å²) in [7, 11) is 1.89. The molecular weight excluding hydrogens is 318 g/mol. The van der Waals surface area contributed by atoms with Gasteiger partial charge in [0.25, 0.3) is 5.91 Å². The average Bonchev–Trinajstić information content (AvgIpc) is 3.07. The quantitative estimate of drug-likeness (QED) is 0.833. The first kappa shape index (κ1) is 15.5. The maximum Gasteiger partial charge on any atom is 0.254 e. The molecule has 1 amide bonds. The van der Waals surface area contributed by atoms with E-state index in [0.29, 0.717) is 31.4 Å². The molecular formula is C15H19N3O2S2. The Morgan fingerprint density at radius 3 is 2.82 bits per heavy atom. The van der Waals surface area contributed by atoms with E-state index in [1.54, 1.807) is 11.3 Å². The predicted octanol–water partition coefficient (Wildman–Crippen LogP) is 1.74. The highest BCUT2D eigenvalue weighted by Gasteiger charge is 2.35. The fourth-order valence-corrected chi connectivity index (χ4v) is 3.68. The maximum atomic E-state index is 13.0. The summed E-state index contributed by atoms with van der Waals surface area (Å²) in [6, 6.07) is 1.86. The van der Waals surface area contributed by atoms with Crippen molar-refractivity contribution in [1.29, 1.82) is 0 Å². The van der Waals surface area contributed by atoms with Crippen LogP contribution in [-0.4, -0.2) is 54.2 Å². The van der Waals surface area contributed by atoms with Crippen molar-refractivity contribution < 1.29 is 9.53 Å². The molecule has 0 bridgehead atoms. The van der Waals surface area contributed by atoms with E-state index in [-0.39, 0.29) is 11.9 Å². The second-order valence-corrected chi connectivity index (χ2v) is 6.57. The van der Waals surface area contributed by atoms with Crippen molar-refractivity contribution in [1.82, 2.24) is 15.1 Å². The van der Waals surface area contributed by atoms with Crippen LogP contribution in [0.3, 0.4) is 0 Å². The van der Waals surface area contributed by atoms with E-state index < -0.39 is 0 Å². The van der Waals surface area contributed by atoms with Gasteiger partial charge in [-0.2, -0.15) is 11.3 Å². The lowest BCUT2D eigenvalue weighted by Gasteiger charge is -2.38. The number of allylic oxidation sites excluding steroid dienone is 1. The minimum absolute atomic E-state index is 0.0684. The van der Waals surface area contributed by atoms with Gasteiger partial charge >= 0.3 is 0 Å². The van der Waals surface area contributed by atoms with Gasteiger partial charge in [-0.3, -0.25) is 4.79 Å². The average molecular weight is 337 g/mol. The molecule has 0 aliphatic carbocycles. The molecule has 1 unspecified atom stereocenters. The normalized spacial score (nSPS) is 22.8. The molecule has 5 nitrogen and oxygen atoms in total. The Balaban J connectivity index is 1.98. The monoisotopic (exact) mass is 337 g/mol. The van der Waals surface area contributed by atoms with Crippen molar-refractivity contribution in [2.24, 2.45) is 0 Å². The third-order valence-electron chi connectivity index (χ3n) is 4.16. The first-order chi connectivity index (χ1) is 10.6. The van der Waals surface area contributed by atoms with E-state index in [4.69, 9.17) is 17.0 Å². The molecule has 1 saturated heterocycles. The lowest BCUT2D eigenvalue weighted by Crippen LogP contribution is -2.50. The van der Waals surface area contributed by atoms with Gasteiger partial charge in [-0.15, -0.1) is 0 Å². The highest BCUT2D eigenvalue weighted by molar-refractivity contribution is 7.80. The Kier molecular flexibility index (Phi) is 4.46. The van der Waals surface area contributed by atoms with Crippen LogP contribution in [0.4, 0.5) is 0 Å². The number of amides is 1. The molecule has 0 saturated carbocycles. The zero-order valence-corrected chi connectivity index (χ0v) is 14.3. The fraction of sp³-hybridized carbons (Fsp3) is 0.467. The van der Waals surface area contributed by atoms with Gasteiger partial charge in [0.2, 0.25) is 0 Å². The van der Waals surface area contributed by atoms with Gasteiger partial charge in [0.1, 0.15) is 0 Å². The molecule has 1 N–H and O–H groups in total. The Morgan fingerprint density at radius 1 is 1.45 bits per heavy atom. The molecule has 2 aliphatic rings. The molecule has 2 aliphatic heterocycles. The number of nitrogens with zero attached hydrogens (tertiary/aromatic N) is 2. The second-order valence-electron chi connectivity index (χ2n) is 5.40. The fourth-order valence-electron chi connectivity index (χ4n) is 2.74. The van der Waals surface area contributed by atoms with Crippen LogP contribution in [0.2, 0.25) is 0 Å². The number of hydrogen-bond donors (Lipinski definition) is 1. The summed E-state index contributed by atoms with van der Waals surface area (Å²) in [5, 5.41) is 8.02. The summed E-state index contributed by atoms with van der Waals surface area (Å²) in [6.45, 7) is 4.44. The maximum absolute atomic E-state index is 13.0. The number of morpholine rings is 1. The highest BCUT2D eigenvalue weighted by Crippen LogP contribution is 2.32. The Labute approximate surface area is 139 Å². The molecule has 1 fully saturated rings. The van der Waals surface area contributed by atoms with Crippen molar-refractivity contribution in [3.05, 3.63) is 33.7 Å². The summed E-state index contributed by atoms with van der Waals surface area (Å²) in [6.07, 6.45) is 0. The van der Waals surface area contributed by atoms with Crippen molar-refractivity contribution in [3.8, 4) is 0 Å². The third kappa shape index (κ3) is 2.76. The molecule has 0 spiro atoms. The van der Waals surface area contributed by atoms with Crippen LogP contribution in [-0.2, 0) is 9.53 Å². The summed E-state index contributed by atoms with van der Waals surface area (Å²) in [5.74, 6) is 0.0684. The number of carbonyl (C=O) groups excluding carboxylic acids is 1. The van der Waals surface area contributed by atoms with Crippen molar-refractivity contribution >= 4 is 34.6 Å². The Hall–Kier alpha value is -1.44. The standard InChI is InChI=1S/C15H19N3O2S2/c1-10-12(14(19)18-4-6-20-7-5-18)13(11-3-8-22-9-11)16-15(21)17(10)2/h3,8-9,13H,4-7H2,1-2H3,(H,16,21). The van der Waals surface area contributed by atoms with Crippen LogP contribution < -0.4 is 5.32 Å². The molecule has 1 aromatic heterocycles. The lowest BCUT2D eigenvalue weighted by molar-refractivity contribution is -0.131. The van der Waals surface area contributed by atoms with Gasteiger partial charge in [0, 0.05) is 25.8 Å². The van der Waals surface area contributed by atoms with Gasteiger partial charge in [0.15, 0.2) is 5.11 Å². The molecule has 0 radical (unpaired) electrons. The number of ether oxygens (including phenoxy) is 1. The number of thiocarbonyl (C=S) groups is 1. The largest absolute Gasteiger partial charge is 0.378 e. The number of carbonyl (C=O) groups is 1. The zero-order valence-electron chi connectivity index (χ0n) is 12.7. The van der Waals surface area contributed by atoms with Crippen molar-refractivity contribution in [3.63, 3.8) is 0 Å². The van der Waals surface area contributed by atoms with Gasteiger partial charge in [-0.1, -0.05) is 0 Å². The van der Waals surface area contributed by atoms with Crippen LogP contribution >= 0.6 is 23.6 Å². The zero-order chi connectivity index (χ0) is 15.7. The molecule has 22 heavy (non-hydrogen) atoms. The molecule has 1 aromatic rings. The summed E-state index contributed by atoms with van der Waals surface area (Å²) >= 11 is 7.01. The van der Waals surface area contributed by atoms with Crippen LogP contribution in [0.25, 0.3) is 0 Å². The van der Waals surface area contributed by atoms with Crippen LogP contribution in [0.1, 0.15) is 18.5 Å². The number of nitrogens with one attached hydrogen (secondary N) is 1. The van der Waals surface area contributed by atoms with E-state index in [0.717, 1.165) is 16.8 Å². The highest BCUT2D eigenvalue weighted by atomic mass is 32.1. The van der Waals surface area contributed by atoms with E-state index in [1.165, 1.54) is 0 Å². The van der Waals surface area contributed by atoms with E-state index in [2.05, 4.69) is 10.7 Å². The Bertz CT molecular complexity index is 606. The summed E-state index contributed by atoms with van der Waals surface area (Å²) in [5.41, 5.74) is 2.77. The van der Waals surface area contributed by atoms with Crippen molar-refractivity contribution in [2.75, 3.05) is 33.4 Å². The number of thiophene rings is 1. The van der Waals surface area contributed by atoms with Gasteiger partial charge in [0.05, 0.1) is 24.8 Å². The van der Waals surface area contributed by atoms with E-state index >= 15 is 0 Å². The smallest absolute Gasteiger partial charge is 0.254 e. The molecule has 3 rings (SSSR count). The molecule has 7 heteroatoms. The molecule has 0 aromatic carbocycles. The number of hydrogen-bond acceptors (Lipinski definition) is 4. The summed E-state index contributed by atoms with van der Waals surface area (Å²) in [4.78, 5) is 16.8. The lowest BCUT2D eigenvalue weighted by atomic mass is 9.96. The Morgan fingerprint density at radius 2 is 2.18 bits per heavy atom. The van der Waals surface area contributed by atoms with Crippen LogP contribution in [0, 0.1) is 0 Å². The molecule has 118 valence electrons. The summed E-state index contributed by atoms with van der Waals surface area (Å²) < 4.78 is 5.35. The minimum atomic E-state index is -0.176. The SMILES string of the molecule is CC1=C(C(=O)N2CCOCC2)C(c2ccsc2)NC(=S)N1C. The first-order valence-corrected chi connectivity index (χ1v) is 8.59. The topological polar surface area (TPSA) is 44.8 Å². The second kappa shape index (κ2) is 6.36. The van der Waals surface area contributed by atoms with E-state index in [1.807, 2.05) is 35.2 Å². The van der Waals surface area contributed by atoms with Gasteiger partial charge in [-0.25, -0.2) is 0 Å². The minimum Gasteiger partial charge on any atom is -0.378 e. The number of rotatable bonds is 2. The van der Waals surface area contributed by atoms with Crippen LogP contribution in [0.5, 0.6) is 0 Å². The third-order valence-corrected chi connectivity index (χ3v) is 5.25. The first-order valence-electron chi connectivity index (χ1n) is 7.23. The van der Waals surface area contributed by atoms with Crippen molar-refractivity contribution in [2.45, 2.75) is 13.0 Å². The predicted molar refractivity (Wildman–Crippen MR) is 90.7 cm³/mol. The van der Waals surface area contributed by atoms with Gasteiger partial charge in [-0.05, 0) is 41.5 Å².